The minimum absolute atomic E-state index is 0.00356. The lowest BCUT2D eigenvalue weighted by Crippen LogP contribution is -2.47. The lowest BCUT2D eigenvalue weighted by Gasteiger charge is -2.25. The van der Waals surface area contributed by atoms with Gasteiger partial charge in [0.05, 0.1) is 11.8 Å². The standard InChI is InChI=1S/C11H16N4O2S2/c1-6-9(19-3-2-18-6)10-14-11(17-15-10)7-4-13-8(16)5-12-7/h6-7,9,12H,2-5H2,1H3,(H,13,16). The van der Waals surface area contributed by atoms with E-state index < -0.39 is 0 Å². The molecule has 3 rings (SSSR count). The predicted octanol–water partition coefficient (Wildman–Crippen LogP) is 0.740. The minimum Gasteiger partial charge on any atom is -0.353 e. The van der Waals surface area contributed by atoms with Gasteiger partial charge in [-0.2, -0.15) is 16.7 Å². The lowest BCUT2D eigenvalue weighted by atomic mass is 10.2. The van der Waals surface area contributed by atoms with Crippen molar-refractivity contribution in [2.45, 2.75) is 23.5 Å². The van der Waals surface area contributed by atoms with Crippen LogP contribution in [0.4, 0.5) is 0 Å². The maximum atomic E-state index is 11.1. The molecule has 1 aromatic heterocycles. The number of carbonyl (C=O) groups excluding carboxylic acids is 1. The van der Waals surface area contributed by atoms with Crippen molar-refractivity contribution in [1.29, 1.82) is 0 Å². The van der Waals surface area contributed by atoms with E-state index in [2.05, 4.69) is 27.7 Å². The van der Waals surface area contributed by atoms with E-state index in [0.717, 1.165) is 11.6 Å². The van der Waals surface area contributed by atoms with Crippen LogP contribution in [-0.2, 0) is 4.79 Å². The van der Waals surface area contributed by atoms with Gasteiger partial charge in [-0.05, 0) is 0 Å². The van der Waals surface area contributed by atoms with Gasteiger partial charge in [0.2, 0.25) is 11.8 Å². The fraction of sp³-hybridized carbons (Fsp3) is 0.727. The lowest BCUT2D eigenvalue weighted by molar-refractivity contribution is -0.121. The Hall–Kier alpha value is -0.730. The fourth-order valence-electron chi connectivity index (χ4n) is 2.16. The SMILES string of the molecule is CC1SCCSC1c1noc(C2CNC(=O)CN2)n1. The second kappa shape index (κ2) is 5.72. The van der Waals surface area contributed by atoms with Crippen molar-refractivity contribution in [3.63, 3.8) is 0 Å². The molecule has 0 aliphatic carbocycles. The molecular formula is C11H16N4O2S2. The molecule has 0 bridgehead atoms. The highest BCUT2D eigenvalue weighted by Gasteiger charge is 2.30. The minimum atomic E-state index is -0.0736. The van der Waals surface area contributed by atoms with Crippen molar-refractivity contribution in [3.8, 4) is 0 Å². The fourth-order valence-corrected chi connectivity index (χ4v) is 4.84. The first-order valence-electron chi connectivity index (χ1n) is 6.31. The van der Waals surface area contributed by atoms with E-state index >= 15 is 0 Å². The monoisotopic (exact) mass is 300 g/mol. The summed E-state index contributed by atoms with van der Waals surface area (Å²) >= 11 is 3.84. The molecule has 2 aliphatic heterocycles. The van der Waals surface area contributed by atoms with Gasteiger partial charge in [0.25, 0.3) is 0 Å². The largest absolute Gasteiger partial charge is 0.353 e. The van der Waals surface area contributed by atoms with Crippen LogP contribution in [0.25, 0.3) is 0 Å². The van der Waals surface area contributed by atoms with Gasteiger partial charge in [-0.15, -0.1) is 11.8 Å². The number of amides is 1. The first kappa shape index (κ1) is 13.3. The number of nitrogens with one attached hydrogen (secondary N) is 2. The molecule has 3 unspecified atom stereocenters. The first-order valence-corrected chi connectivity index (χ1v) is 8.40. The summed E-state index contributed by atoms with van der Waals surface area (Å²) in [5.41, 5.74) is 0. The molecule has 19 heavy (non-hydrogen) atoms. The highest BCUT2D eigenvalue weighted by atomic mass is 32.2. The van der Waals surface area contributed by atoms with Crippen molar-refractivity contribution in [2.75, 3.05) is 24.6 Å². The average molecular weight is 300 g/mol. The van der Waals surface area contributed by atoms with Crippen LogP contribution < -0.4 is 10.6 Å². The molecule has 0 saturated carbocycles. The Labute approximate surface area is 119 Å². The quantitative estimate of drug-likeness (QED) is 0.834. The number of thioether (sulfide) groups is 2. The van der Waals surface area contributed by atoms with Gasteiger partial charge in [0, 0.05) is 23.3 Å². The molecule has 8 heteroatoms. The smallest absolute Gasteiger partial charge is 0.245 e. The molecule has 104 valence electrons. The summed E-state index contributed by atoms with van der Waals surface area (Å²) in [5.74, 6) is 3.66. The number of hydrogen-bond acceptors (Lipinski definition) is 7. The zero-order chi connectivity index (χ0) is 13.2. The van der Waals surface area contributed by atoms with Gasteiger partial charge in [-0.3, -0.25) is 10.1 Å². The Morgan fingerprint density at radius 1 is 1.37 bits per heavy atom. The average Bonchev–Trinajstić information content (AvgIpc) is 2.89. The van der Waals surface area contributed by atoms with E-state index in [1.165, 1.54) is 5.75 Å². The van der Waals surface area contributed by atoms with E-state index in [0.29, 0.717) is 29.5 Å². The van der Waals surface area contributed by atoms with Crippen LogP contribution in [0.15, 0.2) is 4.52 Å². The summed E-state index contributed by atoms with van der Waals surface area (Å²) in [6, 6.07) is -0.0736. The van der Waals surface area contributed by atoms with Gasteiger partial charge in [0.15, 0.2) is 5.82 Å². The summed E-state index contributed by atoms with van der Waals surface area (Å²) < 4.78 is 5.34. The third-order valence-corrected chi connectivity index (χ3v) is 6.30. The van der Waals surface area contributed by atoms with E-state index in [1.807, 2.05) is 23.5 Å². The topological polar surface area (TPSA) is 80.0 Å². The van der Waals surface area contributed by atoms with E-state index in [1.54, 1.807) is 0 Å². The molecule has 2 saturated heterocycles. The van der Waals surface area contributed by atoms with Crippen LogP contribution >= 0.6 is 23.5 Å². The van der Waals surface area contributed by atoms with E-state index in [4.69, 9.17) is 4.52 Å². The molecule has 0 radical (unpaired) electrons. The number of piperazine rings is 1. The molecule has 2 N–H and O–H groups in total. The van der Waals surface area contributed by atoms with Gasteiger partial charge in [-0.25, -0.2) is 0 Å². The van der Waals surface area contributed by atoms with Crippen LogP contribution in [0.3, 0.4) is 0 Å². The molecule has 3 heterocycles. The summed E-state index contributed by atoms with van der Waals surface area (Å²) in [6.45, 7) is 3.01. The highest BCUT2D eigenvalue weighted by molar-refractivity contribution is 8.06. The molecular weight excluding hydrogens is 284 g/mol. The third kappa shape index (κ3) is 2.90. The number of rotatable bonds is 2. The van der Waals surface area contributed by atoms with Gasteiger partial charge in [-0.1, -0.05) is 12.1 Å². The van der Waals surface area contributed by atoms with Crippen molar-refractivity contribution >= 4 is 29.4 Å². The zero-order valence-corrected chi connectivity index (χ0v) is 12.2. The summed E-state index contributed by atoms with van der Waals surface area (Å²) in [5, 5.41) is 10.8. The number of nitrogens with zero attached hydrogens (tertiary/aromatic N) is 2. The maximum absolute atomic E-state index is 11.1. The van der Waals surface area contributed by atoms with Gasteiger partial charge < -0.3 is 9.84 Å². The normalized spacial score (nSPS) is 32.1. The zero-order valence-electron chi connectivity index (χ0n) is 10.6. The summed E-state index contributed by atoms with van der Waals surface area (Å²) in [4.78, 5) is 15.6. The van der Waals surface area contributed by atoms with Crippen LogP contribution in [0.1, 0.15) is 29.9 Å². The van der Waals surface area contributed by atoms with E-state index in [9.17, 15) is 4.79 Å². The Balaban J connectivity index is 1.70. The Morgan fingerprint density at radius 3 is 2.95 bits per heavy atom. The number of aromatic nitrogens is 2. The van der Waals surface area contributed by atoms with Crippen molar-refractivity contribution in [1.82, 2.24) is 20.8 Å². The molecule has 1 aromatic rings. The Kier molecular flexibility index (Phi) is 3.99. The van der Waals surface area contributed by atoms with Crippen molar-refractivity contribution in [3.05, 3.63) is 11.7 Å². The van der Waals surface area contributed by atoms with Gasteiger partial charge in [0.1, 0.15) is 6.04 Å². The van der Waals surface area contributed by atoms with Crippen molar-refractivity contribution < 1.29 is 9.32 Å². The first-order chi connectivity index (χ1) is 9.24. The predicted molar refractivity (Wildman–Crippen MR) is 75.2 cm³/mol. The molecule has 0 spiro atoms. The summed E-state index contributed by atoms with van der Waals surface area (Å²) in [6.07, 6.45) is 0. The molecule has 2 aliphatic rings. The molecule has 1 amide bonds. The van der Waals surface area contributed by atoms with E-state index in [-0.39, 0.29) is 11.9 Å². The maximum Gasteiger partial charge on any atom is 0.245 e. The summed E-state index contributed by atoms with van der Waals surface area (Å²) in [7, 11) is 0. The van der Waals surface area contributed by atoms with Crippen LogP contribution in [0.5, 0.6) is 0 Å². The Bertz CT molecular complexity index is 457. The molecule has 3 atom stereocenters. The second-order valence-electron chi connectivity index (χ2n) is 4.60. The van der Waals surface area contributed by atoms with Crippen LogP contribution in [0.2, 0.25) is 0 Å². The number of hydrogen-bond donors (Lipinski definition) is 2. The number of carbonyl (C=O) groups is 1. The molecule has 6 nitrogen and oxygen atoms in total. The van der Waals surface area contributed by atoms with Crippen molar-refractivity contribution in [2.24, 2.45) is 0 Å². The molecule has 2 fully saturated rings. The van der Waals surface area contributed by atoms with Crippen LogP contribution in [0, 0.1) is 0 Å². The third-order valence-electron chi connectivity index (χ3n) is 3.21. The highest BCUT2D eigenvalue weighted by Crippen LogP contribution is 2.41. The molecule has 0 aromatic carbocycles. The van der Waals surface area contributed by atoms with Crippen LogP contribution in [-0.4, -0.2) is 45.9 Å². The second-order valence-corrected chi connectivity index (χ2v) is 7.33. The Morgan fingerprint density at radius 2 is 2.21 bits per heavy atom. The van der Waals surface area contributed by atoms with Gasteiger partial charge >= 0.3 is 0 Å².